The molecule has 178 valence electrons. The van der Waals surface area contributed by atoms with Crippen LogP contribution in [0.15, 0.2) is 65.8 Å². The van der Waals surface area contributed by atoms with E-state index in [0.29, 0.717) is 18.4 Å². The lowest BCUT2D eigenvalue weighted by Gasteiger charge is -2.56. The minimum atomic E-state index is -0.0725. The summed E-state index contributed by atoms with van der Waals surface area (Å²) in [4.78, 5) is 31.1. The number of nitrogens with one attached hydrogen (secondary N) is 1. The minimum Gasteiger partial charge on any atom is -0.325 e. The highest BCUT2D eigenvalue weighted by molar-refractivity contribution is 6.02. The quantitative estimate of drug-likeness (QED) is 0.437. The summed E-state index contributed by atoms with van der Waals surface area (Å²) in [5.74, 6) is 2.59. The average Bonchev–Trinajstić information content (AvgIpc) is 3.22. The molecule has 4 aliphatic rings. The van der Waals surface area contributed by atoms with Crippen LogP contribution in [0, 0.1) is 23.2 Å². The molecule has 4 aliphatic carbocycles. The van der Waals surface area contributed by atoms with Crippen LogP contribution in [-0.4, -0.2) is 19.9 Å². The van der Waals surface area contributed by atoms with Crippen LogP contribution in [0.5, 0.6) is 0 Å². The highest BCUT2D eigenvalue weighted by Gasteiger charge is 2.51. The number of anilines is 1. The molecule has 0 atom stereocenters. The average molecular weight is 467 g/mol. The first-order valence-corrected chi connectivity index (χ1v) is 12.9. The molecule has 4 saturated carbocycles. The number of hydrogen-bond acceptors (Lipinski definition) is 3. The maximum atomic E-state index is 13.3. The molecule has 0 unspecified atom stereocenters. The Hall–Kier alpha value is -3.41. The number of benzene rings is 1. The molecule has 4 fully saturated rings. The fourth-order valence-corrected chi connectivity index (χ4v) is 7.83. The molecule has 1 N–H and O–H groups in total. The van der Waals surface area contributed by atoms with E-state index in [0.717, 1.165) is 40.2 Å². The van der Waals surface area contributed by atoms with Gasteiger partial charge in [0.15, 0.2) is 0 Å². The van der Waals surface area contributed by atoms with Gasteiger partial charge in [-0.3, -0.25) is 9.59 Å². The number of nitrogens with zero attached hydrogens (tertiary/aromatic N) is 3. The van der Waals surface area contributed by atoms with E-state index in [-0.39, 0.29) is 16.9 Å². The van der Waals surface area contributed by atoms with Crippen LogP contribution < -0.4 is 10.9 Å². The van der Waals surface area contributed by atoms with E-state index in [1.807, 2.05) is 65.5 Å². The van der Waals surface area contributed by atoms with Gasteiger partial charge in [0, 0.05) is 41.5 Å². The molecular formula is C29H30N4O2. The lowest BCUT2D eigenvalue weighted by molar-refractivity contribution is -0.124. The molecule has 0 aliphatic heterocycles. The van der Waals surface area contributed by atoms with Gasteiger partial charge in [0.1, 0.15) is 5.65 Å². The van der Waals surface area contributed by atoms with E-state index in [9.17, 15) is 9.59 Å². The van der Waals surface area contributed by atoms with Gasteiger partial charge in [0.05, 0.1) is 12.2 Å². The summed E-state index contributed by atoms with van der Waals surface area (Å²) in [6.07, 6.45) is 14.1. The Labute approximate surface area is 204 Å². The molecular weight excluding hydrogens is 436 g/mol. The Balaban J connectivity index is 1.13. The van der Waals surface area contributed by atoms with Crippen LogP contribution in [-0.2, 0) is 11.3 Å². The predicted molar refractivity (Wildman–Crippen MR) is 136 cm³/mol. The van der Waals surface area contributed by atoms with E-state index in [2.05, 4.69) is 10.3 Å². The van der Waals surface area contributed by atoms with E-state index in [1.54, 1.807) is 4.57 Å². The Kier molecular flexibility index (Phi) is 4.66. The summed E-state index contributed by atoms with van der Waals surface area (Å²) in [6, 6.07) is 13.4. The van der Waals surface area contributed by atoms with Crippen molar-refractivity contribution in [1.29, 1.82) is 0 Å². The van der Waals surface area contributed by atoms with Crippen molar-refractivity contribution in [2.75, 3.05) is 5.32 Å². The highest BCUT2D eigenvalue weighted by Crippen LogP contribution is 2.61. The Morgan fingerprint density at radius 2 is 1.71 bits per heavy atom. The normalized spacial score (nSPS) is 27.0. The van der Waals surface area contributed by atoms with Gasteiger partial charge < -0.3 is 14.3 Å². The number of imidazole rings is 1. The second kappa shape index (κ2) is 7.80. The Bertz CT molecular complexity index is 1450. The fourth-order valence-electron chi connectivity index (χ4n) is 7.83. The zero-order valence-corrected chi connectivity index (χ0v) is 19.8. The van der Waals surface area contributed by atoms with Crippen LogP contribution in [0.4, 0.5) is 5.69 Å². The van der Waals surface area contributed by atoms with Crippen LogP contribution in [0.3, 0.4) is 0 Å². The number of rotatable bonds is 5. The van der Waals surface area contributed by atoms with Crippen molar-refractivity contribution < 1.29 is 4.79 Å². The maximum absolute atomic E-state index is 13.3. The topological polar surface area (TPSA) is 68.4 Å². The van der Waals surface area contributed by atoms with E-state index >= 15 is 0 Å². The third-order valence-corrected chi connectivity index (χ3v) is 8.74. The number of carbonyl (C=O) groups is 1. The molecule has 3 heterocycles. The number of aromatic nitrogens is 3. The van der Waals surface area contributed by atoms with Crippen LogP contribution in [0.1, 0.15) is 50.6 Å². The summed E-state index contributed by atoms with van der Waals surface area (Å²) >= 11 is 0. The van der Waals surface area contributed by atoms with Gasteiger partial charge in [0.25, 0.3) is 5.56 Å². The van der Waals surface area contributed by atoms with Crippen molar-refractivity contribution in [2.45, 2.75) is 51.5 Å². The summed E-state index contributed by atoms with van der Waals surface area (Å²) in [5, 5.41) is 4.58. The molecule has 8 rings (SSSR count). The zero-order valence-electron chi connectivity index (χ0n) is 19.8. The summed E-state index contributed by atoms with van der Waals surface area (Å²) in [5.41, 5.74) is 2.55. The van der Waals surface area contributed by atoms with Crippen molar-refractivity contribution in [3.05, 3.63) is 77.1 Å². The van der Waals surface area contributed by atoms with Crippen LogP contribution >= 0.6 is 0 Å². The van der Waals surface area contributed by atoms with Crippen LogP contribution in [0.25, 0.3) is 16.4 Å². The zero-order chi connectivity index (χ0) is 23.6. The van der Waals surface area contributed by atoms with Crippen LogP contribution in [0.2, 0.25) is 0 Å². The number of amides is 1. The molecule has 0 saturated heterocycles. The van der Waals surface area contributed by atoms with Gasteiger partial charge in [-0.1, -0.05) is 12.1 Å². The number of pyridine rings is 2. The molecule has 0 spiro atoms. The molecule has 4 aromatic rings. The standard InChI is InChI=1S/C29H30N4O2/c34-27(16-29-13-19-10-20(14-29)12-21(11-19)15-29)31-25-5-3-4-24-23(25)7-9-33(28(24)35)18-22-17-32-8-2-1-6-26(32)30-22/h1-9,17,19-21H,10-16,18H2,(H,31,34). The van der Waals surface area contributed by atoms with Crippen molar-refractivity contribution >= 4 is 28.0 Å². The lowest BCUT2D eigenvalue weighted by Crippen LogP contribution is -2.47. The van der Waals surface area contributed by atoms with Crippen molar-refractivity contribution in [3.63, 3.8) is 0 Å². The summed E-state index contributed by atoms with van der Waals surface area (Å²) in [7, 11) is 0. The first kappa shape index (κ1) is 20.9. The summed E-state index contributed by atoms with van der Waals surface area (Å²) < 4.78 is 3.64. The van der Waals surface area contributed by atoms with Gasteiger partial charge in [-0.2, -0.15) is 0 Å². The molecule has 6 nitrogen and oxygen atoms in total. The number of carbonyl (C=O) groups excluding carboxylic acids is 1. The van der Waals surface area contributed by atoms with E-state index in [1.165, 1.54) is 38.5 Å². The molecule has 35 heavy (non-hydrogen) atoms. The largest absolute Gasteiger partial charge is 0.325 e. The van der Waals surface area contributed by atoms with Gasteiger partial charge in [-0.25, -0.2) is 4.98 Å². The second-order valence-electron chi connectivity index (χ2n) is 11.4. The Morgan fingerprint density at radius 3 is 2.46 bits per heavy atom. The molecule has 4 bridgehead atoms. The van der Waals surface area contributed by atoms with Gasteiger partial charge in [0.2, 0.25) is 5.91 Å². The first-order valence-electron chi connectivity index (χ1n) is 12.9. The van der Waals surface area contributed by atoms with Gasteiger partial charge in [-0.15, -0.1) is 0 Å². The van der Waals surface area contributed by atoms with Crippen molar-refractivity contribution in [1.82, 2.24) is 14.0 Å². The number of hydrogen-bond donors (Lipinski definition) is 1. The third kappa shape index (κ3) is 3.67. The third-order valence-electron chi connectivity index (χ3n) is 8.74. The van der Waals surface area contributed by atoms with Gasteiger partial charge >= 0.3 is 0 Å². The van der Waals surface area contributed by atoms with Gasteiger partial charge in [-0.05, 0) is 92.0 Å². The van der Waals surface area contributed by atoms with E-state index in [4.69, 9.17) is 0 Å². The summed E-state index contributed by atoms with van der Waals surface area (Å²) in [6.45, 7) is 0.402. The number of fused-ring (bicyclic) bond motifs is 2. The molecule has 3 aromatic heterocycles. The maximum Gasteiger partial charge on any atom is 0.258 e. The highest BCUT2D eigenvalue weighted by atomic mass is 16.1. The minimum absolute atomic E-state index is 0.0725. The predicted octanol–water partition coefficient (Wildman–Crippen LogP) is 5.24. The molecule has 0 radical (unpaired) electrons. The lowest BCUT2D eigenvalue weighted by atomic mass is 9.49. The fraction of sp³-hybridized carbons (Fsp3) is 0.414. The Morgan fingerprint density at radius 1 is 0.943 bits per heavy atom. The van der Waals surface area contributed by atoms with Crippen molar-refractivity contribution in [2.24, 2.45) is 23.2 Å². The molecule has 6 heteroatoms. The monoisotopic (exact) mass is 466 g/mol. The molecule has 1 amide bonds. The van der Waals surface area contributed by atoms with Crippen molar-refractivity contribution in [3.8, 4) is 0 Å². The molecule has 1 aromatic carbocycles. The smallest absolute Gasteiger partial charge is 0.258 e. The SMILES string of the molecule is O=C(CC12CC3CC(CC(C3)C1)C2)Nc1cccc2c(=O)n(Cc3cn4ccccc4n3)ccc12. The second-order valence-corrected chi connectivity index (χ2v) is 11.4. The first-order chi connectivity index (χ1) is 17.0. The van der Waals surface area contributed by atoms with E-state index < -0.39 is 0 Å².